The number of amides is 1. The monoisotopic (exact) mass is 451 g/mol. The number of unbranched alkanes of at least 4 members (excludes halogenated alkanes) is 3. The Morgan fingerprint density at radius 2 is 1.71 bits per heavy atom. The van der Waals surface area contributed by atoms with Crippen LogP contribution >= 0.6 is 0 Å². The predicted molar refractivity (Wildman–Crippen MR) is 135 cm³/mol. The number of hydrogen-bond acceptors (Lipinski definition) is 3. The largest absolute Gasteiger partial charge is 0.546 e. The summed E-state index contributed by atoms with van der Waals surface area (Å²) in [5.74, 6) is 1.10. The van der Waals surface area contributed by atoms with Crippen LogP contribution in [0.4, 0.5) is 4.79 Å². The number of carbonyl (C=O) groups is 1. The molecule has 0 aromatic heterocycles. The maximum Gasteiger partial charge on any atom is 0.410 e. The van der Waals surface area contributed by atoms with E-state index in [4.69, 9.17) is 9.16 Å². The molecule has 1 rings (SSSR count). The molecule has 0 saturated heterocycles. The zero-order valence-corrected chi connectivity index (χ0v) is 22.8. The minimum absolute atomic E-state index is 0.136. The number of carbonyl (C=O) groups excluding carboxylic acids is 1. The minimum atomic E-state index is -1.99. The van der Waals surface area contributed by atoms with E-state index < -0.39 is 13.9 Å². The van der Waals surface area contributed by atoms with Gasteiger partial charge >= 0.3 is 6.09 Å². The highest BCUT2D eigenvalue weighted by Crippen LogP contribution is 2.44. The van der Waals surface area contributed by atoms with E-state index in [2.05, 4.69) is 54.2 Å². The molecule has 0 bridgehead atoms. The van der Waals surface area contributed by atoms with Gasteiger partial charge in [-0.1, -0.05) is 60.5 Å². The highest BCUT2D eigenvalue weighted by atomic mass is 28.4. The number of nitrogens with zero attached hydrogens (tertiary/aromatic N) is 1. The molecular weight excluding hydrogens is 402 g/mol. The highest BCUT2D eigenvalue weighted by molar-refractivity contribution is 6.77. The third kappa shape index (κ3) is 8.00. The van der Waals surface area contributed by atoms with Gasteiger partial charge in [-0.2, -0.15) is 0 Å². The normalized spacial score (nSPS) is 17.9. The molecule has 0 radical (unpaired) electrons. The fourth-order valence-corrected chi connectivity index (χ4v) is 10.4. The molecule has 0 fully saturated rings. The quantitative estimate of drug-likeness (QED) is 0.180. The molecule has 0 saturated carbocycles. The molecule has 180 valence electrons. The van der Waals surface area contributed by atoms with Crippen molar-refractivity contribution in [2.45, 2.75) is 129 Å². The number of ether oxygens (including phenoxy) is 1. The fraction of sp³-hybridized carbons (Fsp3) is 0.808. The van der Waals surface area contributed by atoms with Crippen LogP contribution in [0.15, 0.2) is 24.5 Å². The summed E-state index contributed by atoms with van der Waals surface area (Å²) in [7, 11) is -1.99. The van der Waals surface area contributed by atoms with Crippen molar-refractivity contribution < 1.29 is 14.0 Å². The Hall–Kier alpha value is -1.23. The number of allylic oxidation sites excluding steroid dienone is 1. The van der Waals surface area contributed by atoms with Crippen LogP contribution in [0.25, 0.3) is 0 Å². The maximum atomic E-state index is 12.9. The third-order valence-corrected chi connectivity index (χ3v) is 12.5. The first-order chi connectivity index (χ1) is 14.3. The van der Waals surface area contributed by atoms with Gasteiger partial charge in [-0.25, -0.2) is 4.79 Å². The van der Waals surface area contributed by atoms with Crippen molar-refractivity contribution in [1.29, 1.82) is 0 Å². The summed E-state index contributed by atoms with van der Waals surface area (Å²) in [6, 6.07) is 0.136. The van der Waals surface area contributed by atoms with E-state index in [-0.39, 0.29) is 12.1 Å². The summed E-state index contributed by atoms with van der Waals surface area (Å²) in [6.45, 7) is 24.1. The van der Waals surface area contributed by atoms with Crippen LogP contribution in [0.5, 0.6) is 0 Å². The van der Waals surface area contributed by atoms with Gasteiger partial charge in [0.25, 0.3) is 8.32 Å². The average Bonchev–Trinajstić information content (AvgIpc) is 2.63. The van der Waals surface area contributed by atoms with Crippen LogP contribution in [0, 0.1) is 0 Å². The Labute approximate surface area is 193 Å². The molecule has 1 amide bonds. The van der Waals surface area contributed by atoms with Crippen LogP contribution < -0.4 is 0 Å². The zero-order chi connectivity index (χ0) is 23.8. The van der Waals surface area contributed by atoms with E-state index in [1.807, 2.05) is 31.7 Å². The molecule has 0 aromatic rings. The lowest BCUT2D eigenvalue weighted by Gasteiger charge is -2.45. The van der Waals surface area contributed by atoms with Gasteiger partial charge in [0.15, 0.2) is 0 Å². The number of rotatable bonds is 11. The standard InChI is InChI=1S/C26H49NO3Si/c1-11-12-13-14-15-16-23-19-24(17-18-27(23)25(28)29-26(8,9)10)30-31(20(2)3,21(4)5)22(6)7/h11,17,20-23H,1,12-16,18-19H2,2-10H3/t23-/m1/s1. The lowest BCUT2D eigenvalue weighted by Crippen LogP contribution is -2.50. The molecule has 1 heterocycles. The lowest BCUT2D eigenvalue weighted by molar-refractivity contribution is 0.0148. The van der Waals surface area contributed by atoms with Crippen LogP contribution in [0.2, 0.25) is 16.6 Å². The summed E-state index contributed by atoms with van der Waals surface area (Å²) in [5, 5.41) is 0. The maximum absolute atomic E-state index is 12.9. The third-order valence-electron chi connectivity index (χ3n) is 6.48. The Morgan fingerprint density at radius 1 is 1.13 bits per heavy atom. The summed E-state index contributed by atoms with van der Waals surface area (Å²) in [4.78, 5) is 14.8. The van der Waals surface area contributed by atoms with Crippen molar-refractivity contribution in [3.63, 3.8) is 0 Å². The van der Waals surface area contributed by atoms with Crippen molar-refractivity contribution in [1.82, 2.24) is 4.90 Å². The molecule has 1 aliphatic heterocycles. The van der Waals surface area contributed by atoms with Crippen LogP contribution in [-0.2, 0) is 9.16 Å². The van der Waals surface area contributed by atoms with Gasteiger partial charge in [0, 0.05) is 19.0 Å². The average molecular weight is 452 g/mol. The second-order valence-corrected chi connectivity index (χ2v) is 16.4. The van der Waals surface area contributed by atoms with Gasteiger partial charge in [0.2, 0.25) is 0 Å². The Bertz CT molecular complexity index is 582. The first kappa shape index (κ1) is 27.8. The molecular formula is C26H49NO3Si. The smallest absolute Gasteiger partial charge is 0.410 e. The molecule has 0 unspecified atom stereocenters. The Kier molecular flexibility index (Phi) is 10.9. The van der Waals surface area contributed by atoms with Crippen molar-refractivity contribution in [3.05, 3.63) is 24.5 Å². The summed E-state index contributed by atoms with van der Waals surface area (Å²) in [5.41, 5.74) is 1.13. The molecule has 1 atom stereocenters. The SMILES string of the molecule is C=CCCCCC[C@@H]1CC(O[Si](C(C)C)(C(C)C)C(C)C)=CCN1C(=O)OC(C)(C)C. The van der Waals surface area contributed by atoms with Crippen LogP contribution in [0.3, 0.4) is 0 Å². The molecule has 0 spiro atoms. The molecule has 0 N–H and O–H groups in total. The van der Waals surface area contributed by atoms with E-state index >= 15 is 0 Å². The zero-order valence-electron chi connectivity index (χ0n) is 21.8. The van der Waals surface area contributed by atoms with E-state index in [1.54, 1.807) is 0 Å². The van der Waals surface area contributed by atoms with E-state index in [1.165, 1.54) is 0 Å². The summed E-state index contributed by atoms with van der Waals surface area (Å²) in [6.07, 6.45) is 10.2. The first-order valence-electron chi connectivity index (χ1n) is 12.3. The van der Waals surface area contributed by atoms with Gasteiger partial charge in [-0.15, -0.1) is 6.58 Å². The van der Waals surface area contributed by atoms with Crippen LogP contribution in [-0.4, -0.2) is 37.5 Å². The second kappa shape index (κ2) is 12.1. The van der Waals surface area contributed by atoms with Gasteiger partial charge in [-0.3, -0.25) is 0 Å². The first-order valence-corrected chi connectivity index (χ1v) is 14.5. The number of hydrogen-bond donors (Lipinski definition) is 0. The molecule has 5 heteroatoms. The van der Waals surface area contributed by atoms with Gasteiger partial charge in [0.1, 0.15) is 5.60 Å². The summed E-state index contributed by atoms with van der Waals surface area (Å²) < 4.78 is 12.7. The van der Waals surface area contributed by atoms with E-state index in [0.717, 1.165) is 44.3 Å². The van der Waals surface area contributed by atoms with Crippen molar-refractivity contribution >= 4 is 14.4 Å². The van der Waals surface area contributed by atoms with Gasteiger partial charge in [-0.05, 0) is 62.7 Å². The van der Waals surface area contributed by atoms with Crippen molar-refractivity contribution in [2.75, 3.05) is 6.54 Å². The highest BCUT2D eigenvalue weighted by Gasteiger charge is 2.48. The Balaban J connectivity index is 3.04. The molecule has 4 nitrogen and oxygen atoms in total. The van der Waals surface area contributed by atoms with Gasteiger partial charge in [0.05, 0.1) is 5.76 Å². The van der Waals surface area contributed by atoms with Crippen LogP contribution in [0.1, 0.15) is 101 Å². The van der Waals surface area contributed by atoms with Crippen molar-refractivity contribution in [3.8, 4) is 0 Å². The fourth-order valence-electron chi connectivity index (χ4n) is 5.09. The topological polar surface area (TPSA) is 38.8 Å². The predicted octanol–water partition coefficient (Wildman–Crippen LogP) is 8.21. The lowest BCUT2D eigenvalue weighted by atomic mass is 9.99. The molecule has 1 aliphatic rings. The minimum Gasteiger partial charge on any atom is -0.546 e. The molecule has 31 heavy (non-hydrogen) atoms. The van der Waals surface area contributed by atoms with Gasteiger partial charge < -0.3 is 14.1 Å². The second-order valence-electron chi connectivity index (χ2n) is 11.0. The van der Waals surface area contributed by atoms with E-state index in [9.17, 15) is 4.79 Å². The van der Waals surface area contributed by atoms with Crippen molar-refractivity contribution in [2.24, 2.45) is 0 Å². The molecule has 0 aromatic carbocycles. The summed E-state index contributed by atoms with van der Waals surface area (Å²) >= 11 is 0. The van der Waals surface area contributed by atoms with E-state index in [0.29, 0.717) is 23.2 Å². The molecule has 0 aliphatic carbocycles. The Morgan fingerprint density at radius 3 is 2.19 bits per heavy atom.